The molecule has 0 aliphatic heterocycles. The van der Waals surface area contributed by atoms with Gasteiger partial charge in [-0.25, -0.2) is 13.8 Å². The van der Waals surface area contributed by atoms with Crippen molar-refractivity contribution in [1.82, 2.24) is 5.43 Å². The third-order valence-corrected chi connectivity index (χ3v) is 7.27. The van der Waals surface area contributed by atoms with Gasteiger partial charge in [0.2, 0.25) is 0 Å². The Hall–Kier alpha value is -3.07. The van der Waals surface area contributed by atoms with E-state index in [0.717, 1.165) is 15.6 Å². The lowest BCUT2D eigenvalue weighted by molar-refractivity contribution is -0.119. The molecule has 0 atom stereocenters. The number of carbonyl (C=O) groups is 1. The summed E-state index contributed by atoms with van der Waals surface area (Å²) in [6, 6.07) is 19.5. The highest BCUT2D eigenvalue weighted by Crippen LogP contribution is 2.35. The second-order valence-corrected chi connectivity index (χ2v) is 10.6. The molecule has 10 heteroatoms. The van der Waals surface area contributed by atoms with Crippen molar-refractivity contribution in [3.8, 4) is 5.75 Å². The number of hydrazone groups is 1. The summed E-state index contributed by atoms with van der Waals surface area (Å²) in [6.07, 6.45) is 1.45. The molecule has 184 valence electrons. The Morgan fingerprint density at radius 1 is 1.03 bits per heavy atom. The molecular formula is C25H25Cl2N3O4S. The van der Waals surface area contributed by atoms with Crippen molar-refractivity contribution in [2.24, 2.45) is 11.0 Å². The maximum absolute atomic E-state index is 13.3. The molecule has 1 amide bonds. The predicted molar refractivity (Wildman–Crippen MR) is 140 cm³/mol. The summed E-state index contributed by atoms with van der Waals surface area (Å²) >= 11 is 12.4. The van der Waals surface area contributed by atoms with Crippen LogP contribution in [0.4, 0.5) is 5.69 Å². The van der Waals surface area contributed by atoms with E-state index >= 15 is 0 Å². The van der Waals surface area contributed by atoms with Gasteiger partial charge >= 0.3 is 0 Å². The standard InChI is InChI=1S/C25H25Cl2N3O4S/c1-18(2)17-34-20-13-11-19(12-14-20)15-28-29-24(31)16-30(23-10-6-9-22(26)25(23)27)35(32,33)21-7-4-3-5-8-21/h3-15,18H,16-17H2,1-2H3,(H,29,31)/b28-15-. The summed E-state index contributed by atoms with van der Waals surface area (Å²) in [5.41, 5.74) is 3.17. The van der Waals surface area contributed by atoms with Crippen LogP contribution in [0, 0.1) is 5.92 Å². The zero-order valence-electron chi connectivity index (χ0n) is 19.2. The molecule has 35 heavy (non-hydrogen) atoms. The van der Waals surface area contributed by atoms with Crippen LogP contribution in [0.15, 0.2) is 82.8 Å². The van der Waals surface area contributed by atoms with Crippen LogP contribution in [-0.4, -0.2) is 33.7 Å². The van der Waals surface area contributed by atoms with Crippen molar-refractivity contribution in [2.75, 3.05) is 17.5 Å². The van der Waals surface area contributed by atoms with Crippen LogP contribution in [0.2, 0.25) is 10.0 Å². The molecule has 1 N–H and O–H groups in total. The number of ether oxygens (including phenoxy) is 1. The molecular weight excluding hydrogens is 509 g/mol. The Labute approximate surface area is 215 Å². The van der Waals surface area contributed by atoms with Crippen LogP contribution in [0.25, 0.3) is 0 Å². The normalized spacial score (nSPS) is 11.6. The second-order valence-electron chi connectivity index (χ2n) is 7.96. The molecule has 0 saturated carbocycles. The van der Waals surface area contributed by atoms with Gasteiger partial charge in [-0.05, 0) is 60.0 Å². The fraction of sp³-hybridized carbons (Fsp3) is 0.200. The topological polar surface area (TPSA) is 88.1 Å². The van der Waals surface area contributed by atoms with E-state index in [9.17, 15) is 13.2 Å². The first-order valence-electron chi connectivity index (χ1n) is 10.7. The fourth-order valence-electron chi connectivity index (χ4n) is 2.96. The van der Waals surface area contributed by atoms with E-state index in [0.29, 0.717) is 12.5 Å². The zero-order valence-corrected chi connectivity index (χ0v) is 21.5. The number of anilines is 1. The van der Waals surface area contributed by atoms with Crippen LogP contribution in [-0.2, 0) is 14.8 Å². The number of nitrogens with zero attached hydrogens (tertiary/aromatic N) is 2. The van der Waals surface area contributed by atoms with Crippen LogP contribution in [0.1, 0.15) is 19.4 Å². The van der Waals surface area contributed by atoms with Gasteiger partial charge in [0.1, 0.15) is 12.3 Å². The second kappa shape index (κ2) is 12.1. The van der Waals surface area contributed by atoms with E-state index in [-0.39, 0.29) is 20.6 Å². The van der Waals surface area contributed by atoms with Crippen molar-refractivity contribution < 1.29 is 17.9 Å². The number of amides is 1. The van der Waals surface area contributed by atoms with Crippen molar-refractivity contribution in [3.05, 3.63) is 88.4 Å². The highest BCUT2D eigenvalue weighted by Gasteiger charge is 2.29. The van der Waals surface area contributed by atoms with E-state index in [1.54, 1.807) is 48.5 Å². The molecule has 3 aromatic carbocycles. The van der Waals surface area contributed by atoms with Crippen molar-refractivity contribution in [3.63, 3.8) is 0 Å². The molecule has 0 fully saturated rings. The van der Waals surface area contributed by atoms with Gasteiger partial charge < -0.3 is 4.74 Å². The van der Waals surface area contributed by atoms with Crippen LogP contribution in [0.3, 0.4) is 0 Å². The molecule has 0 heterocycles. The van der Waals surface area contributed by atoms with Crippen molar-refractivity contribution in [2.45, 2.75) is 18.7 Å². The average molecular weight is 534 g/mol. The third-order valence-electron chi connectivity index (χ3n) is 4.68. The van der Waals surface area contributed by atoms with E-state index in [2.05, 4.69) is 24.4 Å². The Bertz CT molecular complexity index is 1280. The van der Waals surface area contributed by atoms with Crippen LogP contribution < -0.4 is 14.5 Å². The van der Waals surface area contributed by atoms with Crippen LogP contribution >= 0.6 is 23.2 Å². The fourth-order valence-corrected chi connectivity index (χ4v) is 4.86. The number of hydrogen-bond acceptors (Lipinski definition) is 5. The molecule has 0 bridgehead atoms. The number of hydrogen-bond donors (Lipinski definition) is 1. The lowest BCUT2D eigenvalue weighted by atomic mass is 10.2. The molecule has 3 aromatic rings. The summed E-state index contributed by atoms with van der Waals surface area (Å²) in [7, 11) is -4.12. The summed E-state index contributed by atoms with van der Waals surface area (Å²) in [5, 5.41) is 4.12. The lowest BCUT2D eigenvalue weighted by Crippen LogP contribution is -2.39. The Morgan fingerprint density at radius 3 is 2.37 bits per heavy atom. The van der Waals surface area contributed by atoms with E-state index in [4.69, 9.17) is 27.9 Å². The quantitative estimate of drug-likeness (QED) is 0.280. The average Bonchev–Trinajstić information content (AvgIpc) is 2.84. The van der Waals surface area contributed by atoms with Gasteiger partial charge in [0.25, 0.3) is 15.9 Å². The summed E-state index contributed by atoms with van der Waals surface area (Å²) in [6.45, 7) is 4.19. The molecule has 7 nitrogen and oxygen atoms in total. The van der Waals surface area contributed by atoms with Crippen LogP contribution in [0.5, 0.6) is 5.75 Å². The Kier molecular flexibility index (Phi) is 9.14. The highest BCUT2D eigenvalue weighted by atomic mass is 35.5. The molecule has 0 spiro atoms. The number of carbonyl (C=O) groups excluding carboxylic acids is 1. The van der Waals surface area contributed by atoms with Gasteiger partial charge in [-0.3, -0.25) is 9.10 Å². The Morgan fingerprint density at radius 2 is 1.71 bits per heavy atom. The first kappa shape index (κ1) is 26.5. The van der Waals surface area contributed by atoms with Gasteiger partial charge in [-0.15, -0.1) is 0 Å². The number of rotatable bonds is 10. The minimum atomic E-state index is -4.12. The summed E-state index contributed by atoms with van der Waals surface area (Å²) in [4.78, 5) is 12.7. The van der Waals surface area contributed by atoms with E-state index in [1.807, 2.05) is 0 Å². The van der Waals surface area contributed by atoms with Crippen molar-refractivity contribution in [1.29, 1.82) is 0 Å². The van der Waals surface area contributed by atoms with E-state index < -0.39 is 22.5 Å². The Balaban J connectivity index is 1.75. The predicted octanol–water partition coefficient (Wildman–Crippen LogP) is 5.37. The first-order chi connectivity index (χ1) is 16.7. The minimum Gasteiger partial charge on any atom is -0.493 e. The molecule has 0 saturated heterocycles. The maximum Gasteiger partial charge on any atom is 0.264 e. The number of benzene rings is 3. The number of halogens is 2. The highest BCUT2D eigenvalue weighted by molar-refractivity contribution is 7.92. The minimum absolute atomic E-state index is 0.00659. The molecule has 3 rings (SSSR count). The molecule has 0 unspecified atom stereocenters. The van der Waals surface area contributed by atoms with E-state index in [1.165, 1.54) is 30.5 Å². The lowest BCUT2D eigenvalue weighted by Gasteiger charge is -2.24. The van der Waals surface area contributed by atoms with Gasteiger partial charge in [-0.1, -0.05) is 61.3 Å². The number of nitrogens with one attached hydrogen (secondary N) is 1. The maximum atomic E-state index is 13.3. The molecule has 0 aromatic heterocycles. The van der Waals surface area contributed by atoms with Crippen molar-refractivity contribution >= 4 is 51.0 Å². The SMILES string of the molecule is CC(C)COc1ccc(/C=N\NC(=O)CN(c2cccc(Cl)c2Cl)S(=O)(=O)c2ccccc2)cc1. The molecule has 0 radical (unpaired) electrons. The molecule has 0 aliphatic carbocycles. The summed E-state index contributed by atoms with van der Waals surface area (Å²) in [5.74, 6) is 0.493. The van der Waals surface area contributed by atoms with Gasteiger partial charge in [0.05, 0.1) is 33.4 Å². The van der Waals surface area contributed by atoms with Gasteiger partial charge in [0, 0.05) is 0 Å². The largest absolute Gasteiger partial charge is 0.493 e. The van der Waals surface area contributed by atoms with Gasteiger partial charge in [0.15, 0.2) is 0 Å². The first-order valence-corrected chi connectivity index (χ1v) is 12.9. The molecule has 0 aliphatic rings. The summed E-state index contributed by atoms with van der Waals surface area (Å²) < 4.78 is 33.2. The smallest absolute Gasteiger partial charge is 0.264 e. The third kappa shape index (κ3) is 7.21. The monoisotopic (exact) mass is 533 g/mol. The van der Waals surface area contributed by atoms with Gasteiger partial charge in [-0.2, -0.15) is 5.10 Å². The number of sulfonamides is 1. The zero-order chi connectivity index (χ0) is 25.4.